The normalized spacial score (nSPS) is 9.95. The molecule has 3 nitrogen and oxygen atoms in total. The highest BCUT2D eigenvalue weighted by Gasteiger charge is 2.15. The van der Waals surface area contributed by atoms with Crippen molar-refractivity contribution in [3.8, 4) is 5.75 Å². The van der Waals surface area contributed by atoms with Crippen LogP contribution < -0.4 is 4.74 Å². The molecule has 0 unspecified atom stereocenters. The Morgan fingerprint density at radius 3 is 2.21 bits per heavy atom. The Labute approximate surface area is 119 Å². The molecule has 1 rings (SSSR count). The second kappa shape index (κ2) is 7.19. The van der Waals surface area contributed by atoms with Crippen LogP contribution in [0.4, 0.5) is 0 Å². The van der Waals surface area contributed by atoms with Crippen LogP contribution >= 0.6 is 11.6 Å². The number of rotatable bonds is 5. The highest BCUT2D eigenvalue weighted by molar-refractivity contribution is 6.27. The van der Waals surface area contributed by atoms with E-state index in [1.165, 1.54) is 0 Å². The Kier molecular flexibility index (Phi) is 5.90. The largest absolute Gasteiger partial charge is 0.497 e. The summed E-state index contributed by atoms with van der Waals surface area (Å²) in [7, 11) is 1.63. The first kappa shape index (κ1) is 15.6. The summed E-state index contributed by atoms with van der Waals surface area (Å²) in [5.41, 5.74) is 3.09. The van der Waals surface area contributed by atoms with Gasteiger partial charge in [0.05, 0.1) is 13.7 Å². The first-order valence-corrected chi connectivity index (χ1v) is 6.66. The average Bonchev–Trinajstić information content (AvgIpc) is 2.43. The van der Waals surface area contributed by atoms with E-state index in [4.69, 9.17) is 16.3 Å². The van der Waals surface area contributed by atoms with Crippen LogP contribution in [-0.4, -0.2) is 23.8 Å². The standard InChI is InChI=1S/C15H20ClNO2/c1-11(2)12(3)17(15(18)9-16)10-13-5-7-14(19-4)8-6-13/h5-8H,9-10H2,1-4H3. The van der Waals surface area contributed by atoms with E-state index < -0.39 is 0 Å². The van der Waals surface area contributed by atoms with Crippen LogP contribution in [0.15, 0.2) is 35.5 Å². The second-order valence-corrected chi connectivity index (χ2v) is 4.81. The molecule has 0 aliphatic carbocycles. The number of alkyl halides is 1. The van der Waals surface area contributed by atoms with Crippen molar-refractivity contribution in [2.45, 2.75) is 27.3 Å². The molecule has 19 heavy (non-hydrogen) atoms. The molecule has 0 N–H and O–H groups in total. The molecule has 0 heterocycles. The van der Waals surface area contributed by atoms with Gasteiger partial charge >= 0.3 is 0 Å². The number of benzene rings is 1. The number of carbonyl (C=O) groups is 1. The maximum Gasteiger partial charge on any atom is 0.241 e. The Morgan fingerprint density at radius 1 is 1.21 bits per heavy atom. The van der Waals surface area contributed by atoms with Gasteiger partial charge in [-0.1, -0.05) is 17.7 Å². The number of ether oxygens (including phenoxy) is 1. The summed E-state index contributed by atoms with van der Waals surface area (Å²) in [6.45, 7) is 6.42. The Hall–Kier alpha value is -1.48. The molecule has 0 aromatic heterocycles. The van der Waals surface area contributed by atoms with Gasteiger partial charge in [0.1, 0.15) is 11.6 Å². The number of nitrogens with zero attached hydrogens (tertiary/aromatic N) is 1. The van der Waals surface area contributed by atoms with Crippen LogP contribution in [0, 0.1) is 0 Å². The molecule has 0 saturated carbocycles. The van der Waals surface area contributed by atoms with E-state index in [0.717, 1.165) is 22.6 Å². The fraction of sp³-hybridized carbons (Fsp3) is 0.400. The predicted octanol–water partition coefficient (Wildman–Crippen LogP) is 3.58. The number of carbonyl (C=O) groups excluding carboxylic acids is 1. The van der Waals surface area contributed by atoms with E-state index in [2.05, 4.69) is 0 Å². The van der Waals surface area contributed by atoms with Crippen LogP contribution in [0.3, 0.4) is 0 Å². The van der Waals surface area contributed by atoms with Gasteiger partial charge in [0, 0.05) is 5.70 Å². The monoisotopic (exact) mass is 281 g/mol. The summed E-state index contributed by atoms with van der Waals surface area (Å²) >= 11 is 5.68. The Bertz CT molecular complexity index is 462. The molecule has 1 aromatic rings. The molecule has 0 fully saturated rings. The van der Waals surface area contributed by atoms with Crippen molar-refractivity contribution in [1.29, 1.82) is 0 Å². The molecule has 4 heteroatoms. The van der Waals surface area contributed by atoms with Crippen LogP contribution in [-0.2, 0) is 11.3 Å². The summed E-state index contributed by atoms with van der Waals surface area (Å²) in [6.07, 6.45) is 0. The van der Waals surface area contributed by atoms with Gasteiger partial charge in [-0.15, -0.1) is 11.6 Å². The highest BCUT2D eigenvalue weighted by Crippen LogP contribution is 2.17. The molecule has 1 amide bonds. The van der Waals surface area contributed by atoms with E-state index in [1.807, 2.05) is 45.0 Å². The maximum atomic E-state index is 11.9. The molecular formula is C15H20ClNO2. The molecule has 0 aliphatic heterocycles. The van der Waals surface area contributed by atoms with Gasteiger partial charge in [0.15, 0.2) is 0 Å². The Balaban J connectivity index is 2.94. The lowest BCUT2D eigenvalue weighted by atomic mass is 10.1. The van der Waals surface area contributed by atoms with Gasteiger partial charge in [-0.2, -0.15) is 0 Å². The minimum Gasteiger partial charge on any atom is -0.497 e. The summed E-state index contributed by atoms with van der Waals surface area (Å²) in [5, 5.41) is 0. The third-order valence-electron chi connectivity index (χ3n) is 3.04. The Morgan fingerprint density at radius 2 is 1.79 bits per heavy atom. The maximum absolute atomic E-state index is 11.9. The van der Waals surface area contributed by atoms with Crippen LogP contribution in [0.25, 0.3) is 0 Å². The van der Waals surface area contributed by atoms with E-state index in [0.29, 0.717) is 6.54 Å². The zero-order valence-corrected chi connectivity index (χ0v) is 12.6. The molecule has 1 aromatic carbocycles. The molecule has 0 atom stereocenters. The number of halogens is 1. The van der Waals surface area contributed by atoms with E-state index >= 15 is 0 Å². The van der Waals surface area contributed by atoms with Crippen molar-refractivity contribution in [2.75, 3.05) is 13.0 Å². The fourth-order valence-corrected chi connectivity index (χ4v) is 1.79. The van der Waals surface area contributed by atoms with Crippen molar-refractivity contribution in [2.24, 2.45) is 0 Å². The molecule has 0 saturated heterocycles. The zero-order valence-electron chi connectivity index (χ0n) is 11.9. The van der Waals surface area contributed by atoms with Crippen LogP contribution in [0.5, 0.6) is 5.75 Å². The van der Waals surface area contributed by atoms with Crippen molar-refractivity contribution in [1.82, 2.24) is 4.90 Å². The summed E-state index contributed by atoms with van der Waals surface area (Å²) in [5.74, 6) is 0.704. The molecule has 104 valence electrons. The van der Waals surface area contributed by atoms with E-state index in [1.54, 1.807) is 12.0 Å². The summed E-state index contributed by atoms with van der Waals surface area (Å²) < 4.78 is 5.12. The van der Waals surface area contributed by atoms with Gasteiger partial charge in [0.2, 0.25) is 5.91 Å². The van der Waals surface area contributed by atoms with Gasteiger partial charge in [-0.25, -0.2) is 0 Å². The second-order valence-electron chi connectivity index (χ2n) is 4.55. The van der Waals surface area contributed by atoms with Crippen molar-refractivity contribution >= 4 is 17.5 Å². The first-order chi connectivity index (χ1) is 8.99. The summed E-state index contributed by atoms with van der Waals surface area (Å²) in [4.78, 5) is 13.6. The van der Waals surface area contributed by atoms with E-state index in [-0.39, 0.29) is 11.8 Å². The SMILES string of the molecule is COc1ccc(CN(C(=O)CCl)C(C)=C(C)C)cc1. The number of allylic oxidation sites excluding steroid dienone is 2. The van der Waals surface area contributed by atoms with Crippen molar-refractivity contribution in [3.05, 3.63) is 41.1 Å². The molecule has 0 aliphatic rings. The number of hydrogen-bond acceptors (Lipinski definition) is 2. The molecular weight excluding hydrogens is 262 g/mol. The van der Waals surface area contributed by atoms with Crippen LogP contribution in [0.2, 0.25) is 0 Å². The van der Waals surface area contributed by atoms with Gasteiger partial charge in [0.25, 0.3) is 0 Å². The van der Waals surface area contributed by atoms with Gasteiger partial charge < -0.3 is 9.64 Å². The topological polar surface area (TPSA) is 29.5 Å². The number of methoxy groups -OCH3 is 1. The van der Waals surface area contributed by atoms with E-state index in [9.17, 15) is 4.79 Å². The third-order valence-corrected chi connectivity index (χ3v) is 3.27. The predicted molar refractivity (Wildman–Crippen MR) is 78.3 cm³/mol. The smallest absolute Gasteiger partial charge is 0.241 e. The molecule has 0 radical (unpaired) electrons. The molecule has 0 bridgehead atoms. The summed E-state index contributed by atoms with van der Waals surface area (Å²) in [6, 6.07) is 7.67. The average molecular weight is 282 g/mol. The lowest BCUT2D eigenvalue weighted by Gasteiger charge is -2.24. The van der Waals surface area contributed by atoms with Crippen molar-refractivity contribution < 1.29 is 9.53 Å². The molecule has 0 spiro atoms. The number of hydrogen-bond donors (Lipinski definition) is 0. The van der Waals surface area contributed by atoms with Gasteiger partial charge in [-0.3, -0.25) is 4.79 Å². The number of amides is 1. The van der Waals surface area contributed by atoms with Crippen LogP contribution in [0.1, 0.15) is 26.3 Å². The lowest BCUT2D eigenvalue weighted by molar-refractivity contribution is -0.127. The van der Waals surface area contributed by atoms with Gasteiger partial charge in [-0.05, 0) is 38.5 Å². The minimum atomic E-state index is -0.0869. The van der Waals surface area contributed by atoms with Crippen molar-refractivity contribution in [3.63, 3.8) is 0 Å². The minimum absolute atomic E-state index is 0.0131. The fourth-order valence-electron chi connectivity index (χ4n) is 1.65. The lowest BCUT2D eigenvalue weighted by Crippen LogP contribution is -2.30. The highest BCUT2D eigenvalue weighted by atomic mass is 35.5. The quantitative estimate of drug-likeness (QED) is 0.772. The third kappa shape index (κ3) is 4.28. The zero-order chi connectivity index (χ0) is 14.4. The first-order valence-electron chi connectivity index (χ1n) is 6.13.